The Kier molecular flexibility index (Phi) is 28.0. The Labute approximate surface area is 700 Å². The van der Waals surface area contributed by atoms with Crippen molar-refractivity contribution in [2.75, 3.05) is 0 Å². The van der Waals surface area contributed by atoms with Gasteiger partial charge in [-0.2, -0.15) is 0 Å². The fourth-order valence-corrected chi connectivity index (χ4v) is 18.2. The van der Waals surface area contributed by atoms with Crippen molar-refractivity contribution in [1.82, 2.24) is 29.9 Å². The lowest BCUT2D eigenvalue weighted by Crippen LogP contribution is -2.03. The van der Waals surface area contributed by atoms with Crippen LogP contribution in [0.4, 0.5) is 0 Å². The number of aromatic nitrogens is 6. The van der Waals surface area contributed by atoms with Crippen molar-refractivity contribution in [3.63, 3.8) is 0 Å². The van der Waals surface area contributed by atoms with Crippen LogP contribution < -0.4 is 0 Å². The molecule has 115 heavy (non-hydrogen) atoms. The number of halogens is 2. The van der Waals surface area contributed by atoms with Crippen molar-refractivity contribution in [2.45, 2.75) is 59.3 Å². The Morgan fingerprint density at radius 2 is 0.609 bits per heavy atom. The second-order valence-electron chi connectivity index (χ2n) is 26.3. The summed E-state index contributed by atoms with van der Waals surface area (Å²) in [4.78, 5) is 117. The number of benzene rings is 6. The third kappa shape index (κ3) is 21.5. The van der Waals surface area contributed by atoms with Crippen LogP contribution in [0.3, 0.4) is 0 Å². The van der Waals surface area contributed by atoms with Gasteiger partial charge in [-0.05, 0) is 183 Å². The molecule has 0 unspecified atom stereocenters. The number of pyridine rings is 6. The van der Waals surface area contributed by atoms with Crippen molar-refractivity contribution >= 4 is 201 Å². The highest BCUT2D eigenvalue weighted by molar-refractivity contribution is 9.11. The number of aryl methyl sites for hydroxylation is 2. The Morgan fingerprint density at radius 3 is 0.904 bits per heavy atom. The molecule has 0 fully saturated rings. The monoisotopic (exact) mass is 1700 g/mol. The van der Waals surface area contributed by atoms with Crippen LogP contribution in [0.15, 0.2) is 300 Å². The quantitative estimate of drug-likeness (QED) is 0.0694. The standard InChI is InChI=1S/C17H13NO2S.2C16H13NOS.C15H10BrNOS.C15H10ClNOS.C15H11NOS/c1-11(19)15-7-8-16(21-15)14(20)10-13-5-2-4-12-6-3-9-18-17(12)13;1-11-7-8-15(19-11)14(18)10-13-5-2-4-12-6-3-9-17-16(12)13;1-11-7-9-19-16(11)14(18)10-13-5-2-4-12-6-3-8-17-15(12)13;2*16-14-7-6-13(19-14)12(18)9-11-4-1-3-10-5-2-8-17-15(10)11;17-13(14-7-3-9-18-14)10-12-5-1-4-11-6-2-8-16-15(11)12/h2-9H,10H2,1H3;2*2-9H,10H2,1H3;2*1-8H,9H2;1-9H,10H2. The van der Waals surface area contributed by atoms with E-state index in [4.69, 9.17) is 11.6 Å². The second kappa shape index (κ2) is 39.5. The van der Waals surface area contributed by atoms with Gasteiger partial charge in [0.1, 0.15) is 0 Å². The minimum atomic E-state index is -0.00845. The van der Waals surface area contributed by atoms with E-state index < -0.39 is 0 Å². The zero-order valence-corrected chi connectivity index (χ0v) is 69.5. The lowest BCUT2D eigenvalue weighted by Gasteiger charge is -2.04. The molecule has 0 aliphatic carbocycles. The fraction of sp³-hybridized carbons (Fsp3) is 0.0957. The van der Waals surface area contributed by atoms with Crippen molar-refractivity contribution in [3.8, 4) is 0 Å². The van der Waals surface area contributed by atoms with Crippen LogP contribution in [0.25, 0.3) is 65.4 Å². The first-order valence-electron chi connectivity index (χ1n) is 36.4. The van der Waals surface area contributed by atoms with Gasteiger partial charge in [0.05, 0.1) is 75.4 Å². The molecule has 568 valence electrons. The SMILES string of the molecule is CC(=O)c1ccc(C(=O)Cc2cccc3cccnc23)s1.Cc1ccc(C(=O)Cc2cccc3cccnc23)s1.Cc1ccsc1C(=O)Cc1cccc2cccnc12.O=C(Cc1cccc2cccnc12)c1ccc(Br)s1.O=C(Cc1cccc2cccnc12)c1ccc(Cl)s1.O=C(Cc1cccc2cccnc12)c1cccs1. The second-order valence-corrected chi connectivity index (χ2v) is 34.7. The molecule has 0 amide bonds. The minimum Gasteiger partial charge on any atom is -0.294 e. The first kappa shape index (κ1) is 81.5. The van der Waals surface area contributed by atoms with E-state index in [2.05, 4.69) is 45.8 Å². The number of carbonyl (C=O) groups excluding carboxylic acids is 7. The number of hydrogen-bond donors (Lipinski definition) is 0. The van der Waals surface area contributed by atoms with Gasteiger partial charge in [0.25, 0.3) is 0 Å². The lowest BCUT2D eigenvalue weighted by atomic mass is 10.0. The molecule has 0 saturated heterocycles. The van der Waals surface area contributed by atoms with Crippen LogP contribution in [0.2, 0.25) is 4.34 Å². The molecule has 21 heteroatoms. The van der Waals surface area contributed by atoms with Crippen molar-refractivity contribution < 1.29 is 33.6 Å². The molecule has 12 aromatic heterocycles. The topological polar surface area (TPSA) is 197 Å². The first-order valence-corrected chi connectivity index (χ1v) is 42.6. The molecule has 0 bridgehead atoms. The number of Topliss-reactive ketones (excluding diaryl/α,β-unsaturated/α-hetero) is 7. The average molecular weight is 1700 g/mol. The highest BCUT2D eigenvalue weighted by Crippen LogP contribution is 2.30. The largest absolute Gasteiger partial charge is 0.294 e. The Hall–Kier alpha value is -11.6. The van der Waals surface area contributed by atoms with Gasteiger partial charge in [0.15, 0.2) is 40.5 Å². The predicted octanol–water partition coefficient (Wildman–Crippen LogP) is 24.6. The van der Waals surface area contributed by atoms with Crippen molar-refractivity contribution in [3.05, 3.63) is 383 Å². The first-order chi connectivity index (χ1) is 56.0. The number of nitrogens with zero attached hydrogens (tertiary/aromatic N) is 6. The summed E-state index contributed by atoms with van der Waals surface area (Å²) in [7, 11) is 0. The molecular weight excluding hydrogens is 1630 g/mol. The number of hydrogen-bond acceptors (Lipinski definition) is 19. The van der Waals surface area contributed by atoms with Crippen molar-refractivity contribution in [1.29, 1.82) is 0 Å². The van der Waals surface area contributed by atoms with E-state index in [-0.39, 0.29) is 40.5 Å². The van der Waals surface area contributed by atoms with Gasteiger partial charge in [0, 0.05) is 113 Å². The fourth-order valence-electron chi connectivity index (χ4n) is 12.7. The molecule has 18 rings (SSSR count). The molecule has 12 heterocycles. The van der Waals surface area contributed by atoms with Crippen LogP contribution in [-0.4, -0.2) is 70.4 Å². The summed E-state index contributed by atoms with van der Waals surface area (Å²) in [5, 5.41) is 10.3. The zero-order valence-electron chi connectivity index (χ0n) is 62.3. The van der Waals surface area contributed by atoms with Gasteiger partial charge in [-0.1, -0.05) is 163 Å². The summed E-state index contributed by atoms with van der Waals surface area (Å²) in [5.41, 5.74) is 12.3. The van der Waals surface area contributed by atoms with E-state index in [9.17, 15) is 33.6 Å². The molecule has 0 aliphatic heterocycles. The van der Waals surface area contributed by atoms with Gasteiger partial charge < -0.3 is 0 Å². The minimum absolute atomic E-state index is 0.00845. The maximum atomic E-state index is 12.4. The Bertz CT molecular complexity index is 6200. The number of rotatable bonds is 19. The van der Waals surface area contributed by atoms with Gasteiger partial charge in [-0.25, -0.2) is 0 Å². The molecule has 0 aliphatic rings. The van der Waals surface area contributed by atoms with Crippen LogP contribution in [0, 0.1) is 13.8 Å². The van der Waals surface area contributed by atoms with E-state index in [1.807, 2.05) is 249 Å². The van der Waals surface area contributed by atoms with Crippen LogP contribution in [0.1, 0.15) is 118 Å². The molecule has 0 N–H and O–H groups in total. The van der Waals surface area contributed by atoms with E-state index in [0.29, 0.717) is 57.5 Å². The molecule has 13 nitrogen and oxygen atoms in total. The van der Waals surface area contributed by atoms with E-state index in [0.717, 1.165) is 128 Å². The third-order valence-electron chi connectivity index (χ3n) is 18.3. The molecule has 0 atom stereocenters. The summed E-state index contributed by atoms with van der Waals surface area (Å²) in [5.74, 6) is 0.713. The van der Waals surface area contributed by atoms with E-state index >= 15 is 0 Å². The van der Waals surface area contributed by atoms with E-state index in [1.165, 1.54) is 68.5 Å². The highest BCUT2D eigenvalue weighted by atomic mass is 79.9. The molecule has 6 aromatic carbocycles. The molecule has 0 saturated carbocycles. The molecule has 0 spiro atoms. The summed E-state index contributed by atoms with van der Waals surface area (Å²) in [6, 6.07) is 79.4. The molecular formula is C94H70BrClN6O7S6. The van der Waals surface area contributed by atoms with Crippen LogP contribution in [0.5, 0.6) is 0 Å². The maximum Gasteiger partial charge on any atom is 0.177 e. The zero-order chi connectivity index (χ0) is 80.2. The smallest absolute Gasteiger partial charge is 0.177 e. The molecule has 0 radical (unpaired) electrons. The summed E-state index contributed by atoms with van der Waals surface area (Å²) >= 11 is 17.8. The van der Waals surface area contributed by atoms with E-state index in [1.54, 1.807) is 72.8 Å². The van der Waals surface area contributed by atoms with Crippen LogP contribution in [-0.2, 0) is 38.5 Å². The molecule has 18 aromatic rings. The Balaban J connectivity index is 0.000000120. The number of ketones is 7. The highest BCUT2D eigenvalue weighted by Gasteiger charge is 2.19. The summed E-state index contributed by atoms with van der Waals surface area (Å²) in [6.45, 7) is 5.50. The predicted molar refractivity (Wildman–Crippen MR) is 477 cm³/mol. The van der Waals surface area contributed by atoms with Gasteiger partial charge in [-0.15, -0.1) is 68.0 Å². The van der Waals surface area contributed by atoms with Crippen LogP contribution >= 0.6 is 95.6 Å². The number of para-hydroxylation sites is 6. The van der Waals surface area contributed by atoms with Gasteiger partial charge >= 0.3 is 0 Å². The number of thiophene rings is 6. The third-order valence-corrected chi connectivity index (χ3v) is 25.4. The number of carbonyl (C=O) groups is 7. The summed E-state index contributed by atoms with van der Waals surface area (Å²) < 4.78 is 1.62. The number of fused-ring (bicyclic) bond motifs is 6. The maximum absolute atomic E-state index is 12.4. The van der Waals surface area contributed by atoms with Gasteiger partial charge in [-0.3, -0.25) is 63.5 Å². The van der Waals surface area contributed by atoms with Gasteiger partial charge in [0.2, 0.25) is 0 Å². The normalized spacial score (nSPS) is 10.8. The summed E-state index contributed by atoms with van der Waals surface area (Å²) in [6.07, 6.45) is 12.8. The Morgan fingerprint density at radius 1 is 0.296 bits per heavy atom. The lowest BCUT2D eigenvalue weighted by molar-refractivity contribution is 0.0988. The average Bonchev–Trinajstić information content (AvgIpc) is 1.48. The van der Waals surface area contributed by atoms with Crippen molar-refractivity contribution in [2.24, 2.45) is 0 Å².